The summed E-state index contributed by atoms with van der Waals surface area (Å²) in [5, 5.41) is 9.15. The zero-order valence-corrected chi connectivity index (χ0v) is 17.2. The molecule has 3 heterocycles. The van der Waals surface area contributed by atoms with Gasteiger partial charge in [0.15, 0.2) is 11.5 Å². The number of pyridine rings is 1. The molecule has 0 spiro atoms. The molecule has 0 saturated carbocycles. The third kappa shape index (κ3) is 5.84. The number of amides is 1. The number of aryl methyl sites for hydroxylation is 1. The number of methoxy groups -OCH3 is 1. The first-order valence-corrected chi connectivity index (χ1v) is 9.05. The van der Waals surface area contributed by atoms with E-state index in [9.17, 15) is 13.6 Å². The molecule has 164 valence electrons. The highest BCUT2D eigenvalue weighted by Crippen LogP contribution is 2.31. The van der Waals surface area contributed by atoms with Crippen LogP contribution in [-0.4, -0.2) is 33.1 Å². The lowest BCUT2D eigenvalue weighted by atomic mass is 10.3. The Labute approximate surface area is 176 Å². The number of halogens is 2. The van der Waals surface area contributed by atoms with Gasteiger partial charge >= 0.3 is 5.92 Å². The van der Waals surface area contributed by atoms with Gasteiger partial charge in [-0.15, -0.1) is 0 Å². The van der Waals surface area contributed by atoms with Crippen molar-refractivity contribution in [1.82, 2.24) is 20.1 Å². The smallest absolute Gasteiger partial charge is 0.303 e. The lowest BCUT2D eigenvalue weighted by Crippen LogP contribution is -2.14. The number of nitrogens with zero attached hydrogens (tertiary/aromatic N) is 4. The SMILES string of the molecule is COc1cc(COc2cnc(NC(C)=O)cc2Nc2cc(C)nc(C(C)(F)F)n2)on1. The molecule has 1 amide bonds. The third-order valence-electron chi connectivity index (χ3n) is 3.80. The highest BCUT2D eigenvalue weighted by atomic mass is 19.3. The van der Waals surface area contributed by atoms with Crippen molar-refractivity contribution < 1.29 is 27.6 Å². The summed E-state index contributed by atoms with van der Waals surface area (Å²) >= 11 is 0. The Balaban J connectivity index is 1.90. The van der Waals surface area contributed by atoms with Gasteiger partial charge in [-0.25, -0.2) is 15.0 Å². The average molecular weight is 434 g/mol. The maximum Gasteiger partial charge on any atom is 0.303 e. The molecule has 0 fully saturated rings. The van der Waals surface area contributed by atoms with Crippen molar-refractivity contribution in [2.45, 2.75) is 33.3 Å². The number of hydrogen-bond acceptors (Lipinski definition) is 9. The fraction of sp³-hybridized carbons (Fsp3) is 0.316. The molecule has 2 N–H and O–H groups in total. The van der Waals surface area contributed by atoms with E-state index in [1.807, 2.05) is 0 Å². The van der Waals surface area contributed by atoms with Crippen molar-refractivity contribution in [2.75, 3.05) is 17.7 Å². The van der Waals surface area contributed by atoms with Crippen LogP contribution in [-0.2, 0) is 17.3 Å². The van der Waals surface area contributed by atoms with Crippen molar-refractivity contribution in [1.29, 1.82) is 0 Å². The summed E-state index contributed by atoms with van der Waals surface area (Å²) < 4.78 is 43.2. The molecular weight excluding hydrogens is 414 g/mol. The van der Waals surface area contributed by atoms with Crippen molar-refractivity contribution in [3.8, 4) is 11.6 Å². The van der Waals surface area contributed by atoms with Crippen LogP contribution in [0.2, 0.25) is 0 Å². The number of hydrogen-bond donors (Lipinski definition) is 2. The summed E-state index contributed by atoms with van der Waals surface area (Å²) in [6.45, 7) is 3.62. The second-order valence-corrected chi connectivity index (χ2v) is 6.60. The number of ether oxygens (including phenoxy) is 2. The van der Waals surface area contributed by atoms with Crippen molar-refractivity contribution in [3.05, 3.63) is 41.7 Å². The molecule has 10 nitrogen and oxygen atoms in total. The quantitative estimate of drug-likeness (QED) is 0.547. The summed E-state index contributed by atoms with van der Waals surface area (Å²) in [6.07, 6.45) is 1.37. The number of anilines is 3. The number of nitrogens with one attached hydrogen (secondary N) is 2. The van der Waals surface area contributed by atoms with Gasteiger partial charge < -0.3 is 24.6 Å². The number of rotatable bonds is 8. The Morgan fingerprint density at radius 2 is 2.00 bits per heavy atom. The van der Waals surface area contributed by atoms with Gasteiger partial charge in [0.25, 0.3) is 5.88 Å². The molecule has 0 aromatic carbocycles. The Kier molecular flexibility index (Phi) is 6.28. The third-order valence-corrected chi connectivity index (χ3v) is 3.80. The molecule has 3 aromatic rings. The fourth-order valence-electron chi connectivity index (χ4n) is 2.48. The largest absolute Gasteiger partial charge is 0.482 e. The summed E-state index contributed by atoms with van der Waals surface area (Å²) in [5.74, 6) is -2.88. The van der Waals surface area contributed by atoms with Crippen LogP contribution in [0.4, 0.5) is 26.1 Å². The first kappa shape index (κ1) is 21.9. The van der Waals surface area contributed by atoms with Gasteiger partial charge in [0.2, 0.25) is 11.7 Å². The molecule has 0 atom stereocenters. The summed E-state index contributed by atoms with van der Waals surface area (Å²) in [4.78, 5) is 23.1. The predicted molar refractivity (Wildman–Crippen MR) is 106 cm³/mol. The van der Waals surface area contributed by atoms with E-state index in [1.165, 1.54) is 32.4 Å². The minimum atomic E-state index is -3.22. The molecule has 3 aromatic heterocycles. The summed E-state index contributed by atoms with van der Waals surface area (Å²) in [5.41, 5.74) is 0.676. The fourth-order valence-corrected chi connectivity index (χ4v) is 2.48. The Morgan fingerprint density at radius 1 is 1.23 bits per heavy atom. The Morgan fingerprint density at radius 3 is 2.65 bits per heavy atom. The van der Waals surface area contributed by atoms with E-state index < -0.39 is 11.7 Å². The van der Waals surface area contributed by atoms with E-state index in [-0.39, 0.29) is 29.9 Å². The van der Waals surface area contributed by atoms with Crippen LogP contribution in [0.5, 0.6) is 11.6 Å². The van der Waals surface area contributed by atoms with Crippen LogP contribution in [0.15, 0.2) is 28.9 Å². The lowest BCUT2D eigenvalue weighted by molar-refractivity contribution is -0.114. The highest BCUT2D eigenvalue weighted by molar-refractivity contribution is 5.88. The van der Waals surface area contributed by atoms with E-state index in [4.69, 9.17) is 14.0 Å². The van der Waals surface area contributed by atoms with Crippen LogP contribution >= 0.6 is 0 Å². The first-order valence-electron chi connectivity index (χ1n) is 9.05. The minimum Gasteiger partial charge on any atom is -0.482 e. The zero-order chi connectivity index (χ0) is 22.6. The van der Waals surface area contributed by atoms with Crippen LogP contribution in [0.3, 0.4) is 0 Å². The molecule has 12 heteroatoms. The maximum absolute atomic E-state index is 13.7. The van der Waals surface area contributed by atoms with Crippen LogP contribution in [0.25, 0.3) is 0 Å². The molecular formula is C19H20F2N6O4. The molecule has 0 saturated heterocycles. The Hall–Kier alpha value is -3.83. The highest BCUT2D eigenvalue weighted by Gasteiger charge is 2.29. The van der Waals surface area contributed by atoms with E-state index >= 15 is 0 Å². The standard InChI is InChI=1S/C19H20F2N6O4/c1-10-5-16(26-18(23-10)19(3,20)21)25-13-7-15(24-11(2)28)22-8-14(13)30-9-12-6-17(29-4)27-31-12/h5-8H,9H2,1-4H3,(H2,22,23,24,25,26,28). The van der Waals surface area contributed by atoms with Gasteiger partial charge in [0.05, 0.1) is 19.0 Å². The van der Waals surface area contributed by atoms with Gasteiger partial charge in [-0.2, -0.15) is 8.78 Å². The van der Waals surface area contributed by atoms with Crippen LogP contribution in [0, 0.1) is 6.92 Å². The van der Waals surface area contributed by atoms with Gasteiger partial charge in [0, 0.05) is 37.7 Å². The van der Waals surface area contributed by atoms with Gasteiger partial charge in [0.1, 0.15) is 18.2 Å². The van der Waals surface area contributed by atoms with Gasteiger partial charge in [-0.3, -0.25) is 4.79 Å². The normalized spacial score (nSPS) is 11.2. The number of carbonyl (C=O) groups excluding carboxylic acids is 1. The average Bonchev–Trinajstić information content (AvgIpc) is 3.14. The van der Waals surface area contributed by atoms with E-state index in [1.54, 1.807) is 13.0 Å². The van der Waals surface area contributed by atoms with E-state index in [0.717, 1.165) is 0 Å². The van der Waals surface area contributed by atoms with E-state index in [2.05, 4.69) is 30.7 Å². The second kappa shape index (κ2) is 8.90. The van der Waals surface area contributed by atoms with Gasteiger partial charge in [-0.05, 0) is 12.1 Å². The summed E-state index contributed by atoms with van der Waals surface area (Å²) in [7, 11) is 1.45. The van der Waals surface area contributed by atoms with Crippen molar-refractivity contribution in [2.24, 2.45) is 0 Å². The number of aromatic nitrogens is 4. The van der Waals surface area contributed by atoms with Crippen LogP contribution in [0.1, 0.15) is 31.1 Å². The van der Waals surface area contributed by atoms with Crippen molar-refractivity contribution in [3.63, 3.8) is 0 Å². The lowest BCUT2D eigenvalue weighted by Gasteiger charge is -2.15. The van der Waals surface area contributed by atoms with Gasteiger partial charge in [-0.1, -0.05) is 0 Å². The molecule has 0 bridgehead atoms. The topological polar surface area (TPSA) is 124 Å². The zero-order valence-electron chi connectivity index (χ0n) is 17.2. The predicted octanol–water partition coefficient (Wildman–Crippen LogP) is 3.57. The molecule has 0 aliphatic rings. The molecule has 0 radical (unpaired) electrons. The Bertz CT molecular complexity index is 1080. The first-order chi connectivity index (χ1) is 14.6. The van der Waals surface area contributed by atoms with E-state index in [0.29, 0.717) is 29.9 Å². The molecule has 0 unspecified atom stereocenters. The maximum atomic E-state index is 13.7. The monoisotopic (exact) mass is 434 g/mol. The molecule has 0 aliphatic heterocycles. The molecule has 31 heavy (non-hydrogen) atoms. The number of alkyl halides is 2. The molecule has 3 rings (SSSR count). The molecule has 0 aliphatic carbocycles. The van der Waals surface area contributed by atoms with Crippen LogP contribution < -0.4 is 20.1 Å². The minimum absolute atomic E-state index is 0.00666. The summed E-state index contributed by atoms with van der Waals surface area (Å²) in [6, 6.07) is 4.54. The second-order valence-electron chi connectivity index (χ2n) is 6.60. The van der Waals surface area contributed by atoms with Crippen molar-refractivity contribution >= 4 is 23.2 Å². The number of carbonyl (C=O) groups is 1.